The van der Waals surface area contributed by atoms with E-state index >= 15 is 0 Å². The molecule has 0 saturated heterocycles. The van der Waals surface area contributed by atoms with Gasteiger partial charge in [0.1, 0.15) is 0 Å². The quantitative estimate of drug-likeness (QED) is 0.222. The minimum atomic E-state index is -3.22. The summed E-state index contributed by atoms with van der Waals surface area (Å²) in [5.41, 5.74) is 1.36. The summed E-state index contributed by atoms with van der Waals surface area (Å²) in [6.45, 7) is 4.62. The third-order valence-corrected chi connectivity index (χ3v) is 20.0. The number of rotatable bonds is 7. The van der Waals surface area contributed by atoms with Crippen molar-refractivity contribution in [1.29, 1.82) is 0 Å². The summed E-state index contributed by atoms with van der Waals surface area (Å²) in [4.78, 5) is 0. The number of allylic oxidation sites excluding steroid dienone is 2. The van der Waals surface area contributed by atoms with Crippen LogP contribution in [0.3, 0.4) is 0 Å². The molecule has 0 fully saturated rings. The topological polar surface area (TPSA) is 0 Å². The van der Waals surface area contributed by atoms with Gasteiger partial charge in [-0.2, -0.15) is 0 Å². The van der Waals surface area contributed by atoms with Crippen molar-refractivity contribution in [2.75, 3.05) is 0 Å². The Morgan fingerprint density at radius 2 is 0.903 bits per heavy atom. The van der Waals surface area contributed by atoms with Gasteiger partial charge in [0.05, 0.1) is 0 Å². The van der Waals surface area contributed by atoms with E-state index in [-0.39, 0.29) is 5.41 Å². The van der Waals surface area contributed by atoms with E-state index < -0.39 is 18.4 Å². The zero-order chi connectivity index (χ0) is 21.6. The zero-order valence-corrected chi connectivity index (χ0v) is 21.3. The van der Waals surface area contributed by atoms with Gasteiger partial charge in [0.25, 0.3) is 0 Å². The molecule has 4 aromatic rings. The molecule has 0 atom stereocenters. The van der Waals surface area contributed by atoms with Crippen molar-refractivity contribution in [2.45, 2.75) is 23.7 Å². The number of hydrogen-bond donors (Lipinski definition) is 0. The number of benzene rings is 4. The van der Waals surface area contributed by atoms with E-state index in [1.54, 1.807) is 0 Å². The monoisotopic (exact) mass is 510 g/mol. The molecule has 0 N–H and O–H groups in total. The second-order valence-corrected chi connectivity index (χ2v) is 20.0. The minimum absolute atomic E-state index is 0.00291. The first-order valence-corrected chi connectivity index (χ1v) is 17.3. The van der Waals surface area contributed by atoms with Crippen molar-refractivity contribution < 1.29 is 0 Å². The molecule has 0 spiro atoms. The predicted octanol–water partition coefficient (Wildman–Crippen LogP) is 5.69. The van der Waals surface area contributed by atoms with Crippen LogP contribution in [0.4, 0.5) is 0 Å². The summed E-state index contributed by atoms with van der Waals surface area (Å²) in [7, 11) is 0. The van der Waals surface area contributed by atoms with Crippen LogP contribution in [-0.4, -0.2) is 18.4 Å². The van der Waals surface area contributed by atoms with Gasteiger partial charge < -0.3 is 0 Å². The van der Waals surface area contributed by atoms with E-state index in [0.29, 0.717) is 0 Å². The van der Waals surface area contributed by atoms with Crippen LogP contribution in [0.1, 0.15) is 19.4 Å². The Labute approximate surface area is 191 Å². The Kier molecular flexibility index (Phi) is 6.77. The van der Waals surface area contributed by atoms with Gasteiger partial charge in [-0.1, -0.05) is 0 Å². The molecule has 0 radical (unpaired) electrons. The van der Waals surface area contributed by atoms with Gasteiger partial charge in [-0.3, -0.25) is 0 Å². The summed E-state index contributed by atoms with van der Waals surface area (Å²) >= 11 is -3.22. The molecule has 4 aromatic carbocycles. The predicted molar refractivity (Wildman–Crippen MR) is 137 cm³/mol. The Bertz CT molecular complexity index is 1000. The molecule has 0 aliphatic carbocycles. The standard InChI is InChI=1S/C12H15.3C6H5.Sn/c1-4-10-12(2,3)11-8-6-5-7-9-11;3*1-2-4-6-5-3-1;/h4-10H,1H2,2-3H3;3*1-5H;. The third-order valence-electron chi connectivity index (χ3n) is 6.28. The van der Waals surface area contributed by atoms with Crippen molar-refractivity contribution in [3.05, 3.63) is 139 Å². The second-order valence-electron chi connectivity index (χ2n) is 8.70. The Balaban J connectivity index is 1.83. The molecule has 154 valence electrons. The molecule has 0 amide bonds. The molecule has 0 bridgehead atoms. The van der Waals surface area contributed by atoms with Crippen LogP contribution < -0.4 is 10.7 Å². The summed E-state index contributed by atoms with van der Waals surface area (Å²) in [6.07, 6.45) is 4.89. The normalized spacial score (nSPS) is 12.2. The van der Waals surface area contributed by atoms with E-state index in [1.165, 1.54) is 16.3 Å². The van der Waals surface area contributed by atoms with Crippen LogP contribution in [0.5, 0.6) is 0 Å². The maximum atomic E-state index is 2.47. The van der Waals surface area contributed by atoms with E-state index in [1.807, 2.05) is 0 Å². The first-order valence-electron chi connectivity index (χ1n) is 11.0. The van der Waals surface area contributed by atoms with Crippen molar-refractivity contribution in [3.8, 4) is 0 Å². The number of hydrogen-bond acceptors (Lipinski definition) is 0. The first kappa shape index (κ1) is 21.6. The maximum absolute atomic E-state index is 3.22. The molecule has 0 aliphatic rings. The summed E-state index contributed by atoms with van der Waals surface area (Å²) in [5, 5.41) is 0. The molecule has 0 aromatic heterocycles. The molecule has 0 saturated carbocycles. The molecule has 0 heterocycles. The molecule has 0 unspecified atom stereocenters. The van der Waals surface area contributed by atoms with Gasteiger partial charge in [0.2, 0.25) is 0 Å². The third kappa shape index (κ3) is 4.70. The van der Waals surface area contributed by atoms with Crippen LogP contribution in [0.15, 0.2) is 133 Å². The molecule has 1 heteroatoms. The Hall–Kier alpha value is -2.58. The van der Waals surface area contributed by atoms with Crippen molar-refractivity contribution in [1.82, 2.24) is 0 Å². The van der Waals surface area contributed by atoms with Gasteiger partial charge in [0, 0.05) is 0 Å². The van der Waals surface area contributed by atoms with Crippen LogP contribution in [-0.2, 0) is 5.41 Å². The van der Waals surface area contributed by atoms with E-state index in [4.69, 9.17) is 0 Å². The fourth-order valence-electron chi connectivity index (χ4n) is 4.52. The Morgan fingerprint density at radius 3 is 1.29 bits per heavy atom. The van der Waals surface area contributed by atoms with E-state index in [0.717, 1.165) is 4.44 Å². The molecule has 31 heavy (non-hydrogen) atoms. The average Bonchev–Trinajstić information content (AvgIpc) is 2.84. The zero-order valence-electron chi connectivity index (χ0n) is 18.4. The SMILES string of the molecule is CC(C)(C=C[CH2][Sn]([c]1ccccc1)([c]1ccccc1)[c]1ccccc1)c1ccccc1. The van der Waals surface area contributed by atoms with Crippen molar-refractivity contribution in [2.24, 2.45) is 0 Å². The van der Waals surface area contributed by atoms with Crippen LogP contribution in [0.2, 0.25) is 4.44 Å². The Morgan fingerprint density at radius 1 is 0.548 bits per heavy atom. The fraction of sp³-hybridized carbons (Fsp3) is 0.133. The van der Waals surface area contributed by atoms with Crippen molar-refractivity contribution >= 4 is 29.1 Å². The summed E-state index contributed by atoms with van der Waals surface area (Å²) in [5.74, 6) is 0. The summed E-state index contributed by atoms with van der Waals surface area (Å²) < 4.78 is 5.67. The second kappa shape index (κ2) is 9.70. The molecular weight excluding hydrogens is 479 g/mol. The average molecular weight is 509 g/mol. The van der Waals surface area contributed by atoms with Crippen LogP contribution in [0.25, 0.3) is 0 Å². The van der Waals surface area contributed by atoms with Gasteiger partial charge in [-0.25, -0.2) is 0 Å². The van der Waals surface area contributed by atoms with E-state index in [9.17, 15) is 0 Å². The van der Waals surface area contributed by atoms with Gasteiger partial charge >= 0.3 is 192 Å². The van der Waals surface area contributed by atoms with Gasteiger partial charge in [-0.05, 0) is 0 Å². The molecular formula is C30H30Sn. The molecule has 0 aliphatic heterocycles. The molecule has 0 nitrogen and oxygen atoms in total. The van der Waals surface area contributed by atoms with Gasteiger partial charge in [0.15, 0.2) is 0 Å². The van der Waals surface area contributed by atoms with Crippen LogP contribution >= 0.6 is 0 Å². The fourth-order valence-corrected chi connectivity index (χ4v) is 17.3. The van der Waals surface area contributed by atoms with Gasteiger partial charge in [-0.15, -0.1) is 0 Å². The summed E-state index contributed by atoms with van der Waals surface area (Å²) in [6, 6.07) is 44.5. The van der Waals surface area contributed by atoms with Crippen molar-refractivity contribution in [3.63, 3.8) is 0 Å². The van der Waals surface area contributed by atoms with E-state index in [2.05, 4.69) is 147 Å². The van der Waals surface area contributed by atoms with Crippen LogP contribution in [0, 0.1) is 0 Å². The molecule has 4 rings (SSSR count). The first-order chi connectivity index (χ1) is 15.1.